The van der Waals surface area contributed by atoms with Crippen molar-refractivity contribution in [3.8, 4) is 5.88 Å². The van der Waals surface area contributed by atoms with E-state index in [0.717, 1.165) is 30.6 Å². The summed E-state index contributed by atoms with van der Waals surface area (Å²) in [4.78, 5) is 8.49. The lowest BCUT2D eigenvalue weighted by atomic mass is 9.96. The number of ether oxygens (including phenoxy) is 1. The van der Waals surface area contributed by atoms with Crippen molar-refractivity contribution in [2.45, 2.75) is 19.4 Å². The molecule has 1 saturated heterocycles. The largest absolute Gasteiger partial charge is 0.469 e. The quantitative estimate of drug-likeness (QED) is 0.921. The number of hydrogen-bond acceptors (Lipinski definition) is 4. The first-order valence-corrected chi connectivity index (χ1v) is 7.99. The van der Waals surface area contributed by atoms with Crippen LogP contribution in [0.5, 0.6) is 5.88 Å². The van der Waals surface area contributed by atoms with Crippen LogP contribution in [0.25, 0.3) is 0 Å². The summed E-state index contributed by atoms with van der Waals surface area (Å²) in [5, 5.41) is 4.59. The molecule has 3 rings (SSSR count). The van der Waals surface area contributed by atoms with Gasteiger partial charge in [0.15, 0.2) is 0 Å². The molecule has 2 atom stereocenters. The smallest absolute Gasteiger partial charge is 0.216 e. The van der Waals surface area contributed by atoms with E-state index in [1.54, 1.807) is 18.6 Å². The fourth-order valence-corrected chi connectivity index (χ4v) is 3.12. The summed E-state index contributed by atoms with van der Waals surface area (Å²) in [6, 6.07) is 3.76. The SMILES string of the molecule is Cc1cc(Cl)cnc1O[C@@H](c1cncc(Cl)c1)[C@H]1CCNC1. The maximum atomic E-state index is 6.22. The molecule has 0 radical (unpaired) electrons. The molecule has 6 heteroatoms. The predicted molar refractivity (Wildman–Crippen MR) is 87.6 cm³/mol. The summed E-state index contributed by atoms with van der Waals surface area (Å²) in [5.74, 6) is 0.957. The van der Waals surface area contributed by atoms with Gasteiger partial charge in [-0.15, -0.1) is 0 Å². The van der Waals surface area contributed by atoms with E-state index in [2.05, 4.69) is 15.3 Å². The number of pyridine rings is 2. The zero-order chi connectivity index (χ0) is 15.5. The Hall–Kier alpha value is -1.36. The maximum absolute atomic E-state index is 6.22. The molecular weight excluding hydrogens is 321 g/mol. The standard InChI is InChI=1S/C16H17Cl2N3O/c1-10-4-13(17)9-21-16(10)22-15(11-2-3-19-6-11)12-5-14(18)8-20-7-12/h4-5,7-9,11,15,19H,2-3,6H2,1H3/t11-,15+/m0/s1. The van der Waals surface area contributed by atoms with E-state index >= 15 is 0 Å². The van der Waals surface area contributed by atoms with Crippen LogP contribution in [0.3, 0.4) is 0 Å². The number of aryl methyl sites for hydroxylation is 1. The van der Waals surface area contributed by atoms with Gasteiger partial charge in [-0.2, -0.15) is 0 Å². The molecule has 4 nitrogen and oxygen atoms in total. The highest BCUT2D eigenvalue weighted by molar-refractivity contribution is 6.30. The molecule has 3 heterocycles. The summed E-state index contributed by atoms with van der Waals surface area (Å²) in [6.45, 7) is 3.84. The zero-order valence-corrected chi connectivity index (χ0v) is 13.7. The van der Waals surface area contributed by atoms with Crippen molar-refractivity contribution >= 4 is 23.2 Å². The molecule has 0 aliphatic carbocycles. The number of hydrogen-bond donors (Lipinski definition) is 1. The first-order chi connectivity index (χ1) is 10.6. The number of halogens is 2. The molecule has 0 amide bonds. The van der Waals surface area contributed by atoms with Gasteiger partial charge in [0.2, 0.25) is 5.88 Å². The van der Waals surface area contributed by atoms with Crippen LogP contribution in [0, 0.1) is 12.8 Å². The van der Waals surface area contributed by atoms with Gasteiger partial charge in [-0.25, -0.2) is 4.98 Å². The number of nitrogens with zero attached hydrogens (tertiary/aromatic N) is 2. The zero-order valence-electron chi connectivity index (χ0n) is 12.2. The topological polar surface area (TPSA) is 47.0 Å². The number of nitrogens with one attached hydrogen (secondary N) is 1. The van der Waals surface area contributed by atoms with E-state index in [9.17, 15) is 0 Å². The van der Waals surface area contributed by atoms with Crippen molar-refractivity contribution in [1.29, 1.82) is 0 Å². The molecule has 0 spiro atoms. The van der Waals surface area contributed by atoms with Crippen molar-refractivity contribution in [2.24, 2.45) is 5.92 Å². The lowest BCUT2D eigenvalue weighted by Crippen LogP contribution is -2.22. The fourth-order valence-electron chi connectivity index (χ4n) is 2.73. The minimum absolute atomic E-state index is 0.131. The van der Waals surface area contributed by atoms with Crippen molar-refractivity contribution in [1.82, 2.24) is 15.3 Å². The van der Waals surface area contributed by atoms with E-state index in [1.807, 2.05) is 19.1 Å². The molecule has 0 unspecified atom stereocenters. The number of aromatic nitrogens is 2. The summed E-state index contributed by atoms with van der Waals surface area (Å²) >= 11 is 12.0. The van der Waals surface area contributed by atoms with Gasteiger partial charge in [-0.3, -0.25) is 4.98 Å². The number of rotatable bonds is 4. The molecule has 1 N–H and O–H groups in total. The van der Waals surface area contributed by atoms with E-state index in [1.165, 1.54) is 0 Å². The van der Waals surface area contributed by atoms with Crippen LogP contribution in [-0.2, 0) is 0 Å². The first kappa shape index (κ1) is 15.5. The third-order valence-corrected chi connectivity index (χ3v) is 4.23. The Kier molecular flexibility index (Phi) is 4.81. The third-order valence-electron chi connectivity index (χ3n) is 3.82. The molecule has 2 aromatic rings. The van der Waals surface area contributed by atoms with Crippen molar-refractivity contribution < 1.29 is 4.74 Å². The Balaban J connectivity index is 1.91. The molecule has 0 saturated carbocycles. The average molecular weight is 338 g/mol. The second kappa shape index (κ2) is 6.82. The van der Waals surface area contributed by atoms with E-state index in [4.69, 9.17) is 27.9 Å². The lowest BCUT2D eigenvalue weighted by Gasteiger charge is -2.24. The second-order valence-corrected chi connectivity index (χ2v) is 6.38. The van der Waals surface area contributed by atoms with Gasteiger partial charge in [-0.1, -0.05) is 23.2 Å². The molecule has 116 valence electrons. The third kappa shape index (κ3) is 3.51. The Morgan fingerprint density at radius 2 is 2.05 bits per heavy atom. The predicted octanol–water partition coefficient (Wildman–Crippen LogP) is 3.82. The molecule has 0 bridgehead atoms. The highest BCUT2D eigenvalue weighted by Crippen LogP contribution is 2.33. The van der Waals surface area contributed by atoms with Gasteiger partial charge in [0.05, 0.1) is 10.0 Å². The van der Waals surface area contributed by atoms with Gasteiger partial charge in [0.1, 0.15) is 6.10 Å². The van der Waals surface area contributed by atoms with Crippen molar-refractivity contribution in [3.63, 3.8) is 0 Å². The minimum Gasteiger partial charge on any atom is -0.469 e. The minimum atomic E-state index is -0.131. The molecule has 1 aliphatic rings. The van der Waals surface area contributed by atoms with E-state index in [-0.39, 0.29) is 6.10 Å². The fraction of sp³-hybridized carbons (Fsp3) is 0.375. The van der Waals surface area contributed by atoms with Gasteiger partial charge in [0.25, 0.3) is 0 Å². The Labute approximate surface area is 139 Å². The highest BCUT2D eigenvalue weighted by Gasteiger charge is 2.29. The van der Waals surface area contributed by atoms with E-state index in [0.29, 0.717) is 21.8 Å². The second-order valence-electron chi connectivity index (χ2n) is 5.50. The Bertz CT molecular complexity index is 660. The van der Waals surface area contributed by atoms with Crippen LogP contribution in [0.4, 0.5) is 0 Å². The van der Waals surface area contributed by atoms with Crippen LogP contribution >= 0.6 is 23.2 Å². The van der Waals surface area contributed by atoms with Gasteiger partial charge >= 0.3 is 0 Å². The molecule has 1 fully saturated rings. The summed E-state index contributed by atoms with van der Waals surface area (Å²) in [6.07, 6.45) is 5.95. The lowest BCUT2D eigenvalue weighted by molar-refractivity contribution is 0.136. The Morgan fingerprint density at radius 3 is 2.73 bits per heavy atom. The van der Waals surface area contributed by atoms with Crippen LogP contribution in [0.15, 0.2) is 30.7 Å². The summed E-state index contributed by atoms with van der Waals surface area (Å²) in [5.41, 5.74) is 1.88. The molecule has 22 heavy (non-hydrogen) atoms. The average Bonchev–Trinajstić information content (AvgIpc) is 3.00. The van der Waals surface area contributed by atoms with Crippen LogP contribution in [0.2, 0.25) is 10.0 Å². The van der Waals surface area contributed by atoms with E-state index < -0.39 is 0 Å². The van der Waals surface area contributed by atoms with Gasteiger partial charge in [-0.05, 0) is 32.0 Å². The van der Waals surface area contributed by atoms with Gasteiger partial charge < -0.3 is 10.1 Å². The monoisotopic (exact) mass is 337 g/mol. The first-order valence-electron chi connectivity index (χ1n) is 7.23. The molecule has 1 aliphatic heterocycles. The van der Waals surface area contributed by atoms with Crippen molar-refractivity contribution in [2.75, 3.05) is 13.1 Å². The Morgan fingerprint density at radius 1 is 1.23 bits per heavy atom. The van der Waals surface area contributed by atoms with Gasteiger partial charge in [0, 0.05) is 42.2 Å². The van der Waals surface area contributed by atoms with Crippen molar-refractivity contribution in [3.05, 3.63) is 51.9 Å². The van der Waals surface area contributed by atoms with Crippen LogP contribution < -0.4 is 10.1 Å². The van der Waals surface area contributed by atoms with Crippen LogP contribution in [-0.4, -0.2) is 23.1 Å². The molecular formula is C16H17Cl2N3O. The summed E-state index contributed by atoms with van der Waals surface area (Å²) in [7, 11) is 0. The maximum Gasteiger partial charge on any atom is 0.216 e. The normalized spacial score (nSPS) is 19.1. The molecule has 2 aromatic heterocycles. The van der Waals surface area contributed by atoms with Crippen LogP contribution in [0.1, 0.15) is 23.7 Å². The molecule has 0 aromatic carbocycles. The summed E-state index contributed by atoms with van der Waals surface area (Å²) < 4.78 is 6.22. The highest BCUT2D eigenvalue weighted by atomic mass is 35.5.